The number of esters is 1. The molecule has 4 heteroatoms. The van der Waals surface area contributed by atoms with Crippen LogP contribution in [0.5, 0.6) is 5.75 Å². The Kier molecular flexibility index (Phi) is 4.01. The summed E-state index contributed by atoms with van der Waals surface area (Å²) in [5.41, 5.74) is 3.09. The summed E-state index contributed by atoms with van der Waals surface area (Å²) in [6, 6.07) is 5.84. The van der Waals surface area contributed by atoms with Gasteiger partial charge in [0.15, 0.2) is 5.78 Å². The number of allylic oxidation sites excluding steroid dienone is 2. The zero-order chi connectivity index (χ0) is 15.7. The molecule has 0 amide bonds. The second kappa shape index (κ2) is 5.95. The molecule has 2 atom stereocenters. The van der Waals surface area contributed by atoms with Crippen LogP contribution in [0, 0.1) is 11.8 Å². The molecule has 2 aliphatic rings. The summed E-state index contributed by atoms with van der Waals surface area (Å²) >= 11 is 0. The first-order chi connectivity index (χ1) is 10.6. The first kappa shape index (κ1) is 14.8. The van der Waals surface area contributed by atoms with Crippen molar-refractivity contribution in [3.05, 3.63) is 35.4 Å². The summed E-state index contributed by atoms with van der Waals surface area (Å²) < 4.78 is 10.5. The summed E-state index contributed by atoms with van der Waals surface area (Å²) in [5, 5.41) is 0. The molecule has 0 unspecified atom stereocenters. The van der Waals surface area contributed by atoms with Crippen LogP contribution in [0.25, 0.3) is 5.57 Å². The van der Waals surface area contributed by atoms with Crippen molar-refractivity contribution in [1.82, 2.24) is 0 Å². The van der Waals surface area contributed by atoms with Gasteiger partial charge in [0.1, 0.15) is 5.75 Å². The first-order valence-electron chi connectivity index (χ1n) is 7.72. The molecular formula is C18H20O4. The number of methoxy groups -OCH3 is 1. The molecule has 0 fully saturated rings. The largest absolute Gasteiger partial charge is 0.497 e. The maximum absolute atomic E-state index is 12.3. The van der Waals surface area contributed by atoms with Crippen LogP contribution in [-0.2, 0) is 20.7 Å². The molecule has 3 rings (SSSR count). The highest BCUT2D eigenvalue weighted by Gasteiger charge is 2.39. The molecule has 2 aliphatic carbocycles. The van der Waals surface area contributed by atoms with Crippen LogP contribution in [0.15, 0.2) is 24.3 Å². The Bertz CT molecular complexity index is 644. The van der Waals surface area contributed by atoms with Crippen molar-refractivity contribution in [3.8, 4) is 5.75 Å². The van der Waals surface area contributed by atoms with Crippen molar-refractivity contribution < 1.29 is 19.1 Å². The Morgan fingerprint density at radius 1 is 1.36 bits per heavy atom. The standard InChI is InChI=1S/C18H20O4/c1-3-22-18(20)17-8-11-4-6-13(21-2)10-15(11)16-9-12(19)5-7-14(16)17/h4,6,9-10,14,17H,3,5,7-8H2,1-2H3/t14-,17-/m1/s1. The van der Waals surface area contributed by atoms with Crippen LogP contribution < -0.4 is 4.74 Å². The van der Waals surface area contributed by atoms with E-state index in [1.807, 2.05) is 25.1 Å². The topological polar surface area (TPSA) is 52.6 Å². The van der Waals surface area contributed by atoms with Crippen LogP contribution in [0.3, 0.4) is 0 Å². The van der Waals surface area contributed by atoms with E-state index in [-0.39, 0.29) is 23.6 Å². The Morgan fingerprint density at radius 3 is 2.91 bits per heavy atom. The fourth-order valence-corrected chi connectivity index (χ4v) is 3.51. The molecule has 22 heavy (non-hydrogen) atoms. The van der Waals surface area contributed by atoms with Gasteiger partial charge in [0.2, 0.25) is 0 Å². The highest BCUT2D eigenvalue weighted by atomic mass is 16.5. The zero-order valence-electron chi connectivity index (χ0n) is 12.9. The first-order valence-corrected chi connectivity index (χ1v) is 7.72. The fourth-order valence-electron chi connectivity index (χ4n) is 3.51. The number of benzene rings is 1. The summed E-state index contributed by atoms with van der Waals surface area (Å²) in [6.45, 7) is 2.20. The predicted octanol–water partition coefficient (Wildman–Crippen LogP) is 2.79. The number of hydrogen-bond acceptors (Lipinski definition) is 4. The van der Waals surface area contributed by atoms with E-state index in [4.69, 9.17) is 9.47 Å². The smallest absolute Gasteiger partial charge is 0.309 e. The minimum absolute atomic E-state index is 0.0661. The second-order valence-corrected chi connectivity index (χ2v) is 5.80. The van der Waals surface area contributed by atoms with Gasteiger partial charge in [-0.15, -0.1) is 0 Å². The highest BCUT2D eigenvalue weighted by Crippen LogP contribution is 2.45. The number of rotatable bonds is 3. The Labute approximate surface area is 130 Å². The van der Waals surface area contributed by atoms with E-state index in [2.05, 4.69) is 0 Å². The Hall–Kier alpha value is -2.10. The van der Waals surface area contributed by atoms with Crippen LogP contribution in [0.2, 0.25) is 0 Å². The summed E-state index contributed by atoms with van der Waals surface area (Å²) in [4.78, 5) is 24.2. The Balaban J connectivity index is 2.06. The molecule has 0 saturated heterocycles. The molecule has 116 valence electrons. The summed E-state index contributed by atoms with van der Waals surface area (Å²) in [7, 11) is 1.63. The van der Waals surface area contributed by atoms with Gasteiger partial charge in [0.05, 0.1) is 19.6 Å². The number of carbonyl (C=O) groups excluding carboxylic acids is 2. The van der Waals surface area contributed by atoms with Gasteiger partial charge >= 0.3 is 5.97 Å². The molecule has 1 aromatic carbocycles. The lowest BCUT2D eigenvalue weighted by Gasteiger charge is -2.36. The van der Waals surface area contributed by atoms with E-state index < -0.39 is 0 Å². The maximum atomic E-state index is 12.3. The van der Waals surface area contributed by atoms with Crippen LogP contribution in [0.4, 0.5) is 0 Å². The van der Waals surface area contributed by atoms with Crippen LogP contribution >= 0.6 is 0 Å². The number of fused-ring (bicyclic) bond motifs is 3. The average Bonchev–Trinajstić information content (AvgIpc) is 2.53. The fraction of sp³-hybridized carbons (Fsp3) is 0.444. The summed E-state index contributed by atoms with van der Waals surface area (Å²) in [6.07, 6.45) is 3.58. The van der Waals surface area contributed by atoms with E-state index in [9.17, 15) is 9.59 Å². The molecule has 0 heterocycles. The minimum Gasteiger partial charge on any atom is -0.497 e. The van der Waals surface area contributed by atoms with E-state index in [1.54, 1.807) is 13.2 Å². The number of ketones is 1. The van der Waals surface area contributed by atoms with Crippen molar-refractivity contribution in [1.29, 1.82) is 0 Å². The van der Waals surface area contributed by atoms with Gasteiger partial charge in [-0.1, -0.05) is 6.07 Å². The highest BCUT2D eigenvalue weighted by molar-refractivity contribution is 6.00. The average molecular weight is 300 g/mol. The minimum atomic E-state index is -0.194. The number of carbonyl (C=O) groups is 2. The molecule has 0 spiro atoms. The van der Waals surface area contributed by atoms with Crippen molar-refractivity contribution >= 4 is 17.3 Å². The van der Waals surface area contributed by atoms with Crippen molar-refractivity contribution in [2.24, 2.45) is 11.8 Å². The quantitative estimate of drug-likeness (QED) is 0.806. The molecule has 0 aromatic heterocycles. The number of hydrogen-bond donors (Lipinski definition) is 0. The lowest BCUT2D eigenvalue weighted by molar-refractivity contribution is -0.149. The molecular weight excluding hydrogens is 280 g/mol. The van der Waals surface area contributed by atoms with Gasteiger partial charge in [-0.2, -0.15) is 0 Å². The van der Waals surface area contributed by atoms with Crippen molar-refractivity contribution in [2.45, 2.75) is 26.2 Å². The van der Waals surface area contributed by atoms with E-state index in [0.29, 0.717) is 25.9 Å². The Morgan fingerprint density at radius 2 is 2.18 bits per heavy atom. The monoisotopic (exact) mass is 300 g/mol. The van der Waals surface area contributed by atoms with E-state index >= 15 is 0 Å². The molecule has 0 saturated carbocycles. The van der Waals surface area contributed by atoms with Crippen LogP contribution in [-0.4, -0.2) is 25.5 Å². The molecule has 4 nitrogen and oxygen atoms in total. The maximum Gasteiger partial charge on any atom is 0.309 e. The third kappa shape index (κ3) is 2.54. The SMILES string of the molecule is CCOC(=O)[C@@H]1Cc2ccc(OC)cc2C2=CC(=O)CC[C@H]21. The molecule has 0 bridgehead atoms. The van der Waals surface area contributed by atoms with E-state index in [0.717, 1.165) is 22.4 Å². The lowest BCUT2D eigenvalue weighted by Crippen LogP contribution is -2.34. The van der Waals surface area contributed by atoms with E-state index in [1.165, 1.54) is 0 Å². The van der Waals surface area contributed by atoms with Crippen molar-refractivity contribution in [2.75, 3.05) is 13.7 Å². The summed E-state index contributed by atoms with van der Waals surface area (Å²) in [5.74, 6) is 0.612. The van der Waals surface area contributed by atoms with Gasteiger partial charge in [0, 0.05) is 6.42 Å². The van der Waals surface area contributed by atoms with Gasteiger partial charge < -0.3 is 9.47 Å². The second-order valence-electron chi connectivity index (χ2n) is 5.80. The van der Waals surface area contributed by atoms with Gasteiger partial charge in [-0.3, -0.25) is 9.59 Å². The molecule has 0 N–H and O–H groups in total. The normalized spacial score (nSPS) is 23.2. The molecule has 1 aromatic rings. The number of ether oxygens (including phenoxy) is 2. The third-order valence-electron chi connectivity index (χ3n) is 4.56. The zero-order valence-corrected chi connectivity index (χ0v) is 12.9. The molecule has 0 radical (unpaired) electrons. The van der Waals surface area contributed by atoms with Crippen molar-refractivity contribution in [3.63, 3.8) is 0 Å². The molecule has 0 aliphatic heterocycles. The lowest BCUT2D eigenvalue weighted by atomic mass is 9.68. The third-order valence-corrected chi connectivity index (χ3v) is 4.56. The van der Waals surface area contributed by atoms with Crippen LogP contribution in [0.1, 0.15) is 30.9 Å². The van der Waals surface area contributed by atoms with Gasteiger partial charge in [-0.25, -0.2) is 0 Å². The predicted molar refractivity (Wildman–Crippen MR) is 82.5 cm³/mol. The van der Waals surface area contributed by atoms with Gasteiger partial charge in [0.25, 0.3) is 0 Å². The van der Waals surface area contributed by atoms with Gasteiger partial charge in [-0.05, 0) is 60.6 Å².